The van der Waals surface area contributed by atoms with Gasteiger partial charge in [0.15, 0.2) is 0 Å². The molecular weight excluding hydrogens is 566 g/mol. The average Bonchev–Trinajstić information content (AvgIpc) is 3.45. The second kappa shape index (κ2) is 12.1. The maximum atomic E-state index is 13.4. The topological polar surface area (TPSA) is 130 Å². The maximum absolute atomic E-state index is 13.4. The summed E-state index contributed by atoms with van der Waals surface area (Å²) in [7, 11) is 0. The molecule has 0 aliphatic carbocycles. The van der Waals surface area contributed by atoms with Crippen LogP contribution in [0.25, 0.3) is 27.6 Å². The molecule has 6 rings (SSSR count). The van der Waals surface area contributed by atoms with E-state index in [9.17, 15) is 9.59 Å². The van der Waals surface area contributed by atoms with E-state index in [1.165, 1.54) is 0 Å². The molecule has 1 aliphatic heterocycles. The van der Waals surface area contributed by atoms with Crippen molar-refractivity contribution in [3.63, 3.8) is 0 Å². The Morgan fingerprint density at radius 3 is 2.44 bits per heavy atom. The molecule has 0 radical (unpaired) electrons. The number of carbonyl (C=O) groups is 2. The zero-order valence-corrected chi connectivity index (χ0v) is 26.1. The molecule has 2 aromatic carbocycles. The van der Waals surface area contributed by atoms with Crippen LogP contribution in [0.1, 0.15) is 44.9 Å². The van der Waals surface area contributed by atoms with Gasteiger partial charge in [0.1, 0.15) is 17.3 Å². The van der Waals surface area contributed by atoms with E-state index in [0.29, 0.717) is 36.1 Å². The van der Waals surface area contributed by atoms with Crippen molar-refractivity contribution in [3.05, 3.63) is 90.4 Å². The number of pyridine rings is 1. The highest BCUT2D eigenvalue weighted by Gasteiger charge is 2.26. The average molecular weight is 604 g/mol. The van der Waals surface area contributed by atoms with Crippen molar-refractivity contribution in [1.29, 1.82) is 0 Å². The van der Waals surface area contributed by atoms with Crippen molar-refractivity contribution in [3.8, 4) is 16.8 Å². The summed E-state index contributed by atoms with van der Waals surface area (Å²) in [6.07, 6.45) is 5.24. The van der Waals surface area contributed by atoms with E-state index < -0.39 is 6.03 Å². The molecule has 1 fully saturated rings. The summed E-state index contributed by atoms with van der Waals surface area (Å²) in [4.78, 5) is 40.9. The van der Waals surface area contributed by atoms with Gasteiger partial charge in [-0.25, -0.2) is 19.4 Å². The van der Waals surface area contributed by atoms with Crippen molar-refractivity contribution in [1.82, 2.24) is 34.9 Å². The predicted octanol–water partition coefficient (Wildman–Crippen LogP) is 5.45. The standard InChI is InChI=1S/C34H37N9O2/c1-21-32(44)35-14-15-42(21)20-24-11-10-23(17-38-24)26-12-13-29(28-9-7-6-8-27(26)28)39-33(45)40-31-16-30(34(3,4)5)41-43(31)25-18-36-22(2)37-19-25/h6-13,16-19,21H,14-15,20H2,1-5H3,(H,35,44)(H2,39,40,45). The first kappa shape index (κ1) is 29.9. The maximum Gasteiger partial charge on any atom is 0.324 e. The van der Waals surface area contributed by atoms with Crippen LogP contribution in [0.4, 0.5) is 16.3 Å². The highest BCUT2D eigenvalue weighted by molar-refractivity contribution is 6.09. The number of aromatic nitrogens is 5. The van der Waals surface area contributed by atoms with Gasteiger partial charge in [-0.1, -0.05) is 57.2 Å². The van der Waals surface area contributed by atoms with Crippen molar-refractivity contribution in [2.75, 3.05) is 23.7 Å². The summed E-state index contributed by atoms with van der Waals surface area (Å²) in [6.45, 7) is 12.0. The first-order valence-corrected chi connectivity index (χ1v) is 15.0. The van der Waals surface area contributed by atoms with E-state index in [1.807, 2.05) is 68.6 Å². The van der Waals surface area contributed by atoms with E-state index in [2.05, 4.69) is 57.7 Å². The van der Waals surface area contributed by atoms with Gasteiger partial charge in [0, 0.05) is 48.3 Å². The molecule has 1 saturated heterocycles. The summed E-state index contributed by atoms with van der Waals surface area (Å²) in [6, 6.07) is 17.2. The number of aryl methyl sites for hydroxylation is 1. The molecule has 1 atom stereocenters. The highest BCUT2D eigenvalue weighted by Crippen LogP contribution is 2.33. The van der Waals surface area contributed by atoms with E-state index >= 15 is 0 Å². The van der Waals surface area contributed by atoms with Crippen LogP contribution in [0.2, 0.25) is 0 Å². The van der Waals surface area contributed by atoms with E-state index in [-0.39, 0.29) is 17.4 Å². The molecular formula is C34H37N9O2. The Kier molecular flexibility index (Phi) is 8.03. The number of anilines is 2. The Hall–Kier alpha value is -5.16. The Bertz CT molecular complexity index is 1860. The SMILES string of the molecule is Cc1ncc(-n2nc(C(C)(C)C)cc2NC(=O)Nc2ccc(-c3ccc(CN4CCNC(=O)C4C)nc3)c3ccccc23)cn1. The monoisotopic (exact) mass is 603 g/mol. The van der Waals surface area contributed by atoms with Gasteiger partial charge in [0.05, 0.1) is 35.5 Å². The van der Waals surface area contributed by atoms with Gasteiger partial charge in [-0.05, 0) is 36.9 Å². The molecule has 1 unspecified atom stereocenters. The third-order valence-corrected chi connectivity index (χ3v) is 8.03. The van der Waals surface area contributed by atoms with E-state index in [1.54, 1.807) is 17.1 Å². The number of piperazine rings is 1. The molecule has 3 amide bonds. The van der Waals surface area contributed by atoms with Crippen LogP contribution in [0.3, 0.4) is 0 Å². The minimum absolute atomic E-state index is 0.0490. The van der Waals surface area contributed by atoms with E-state index in [4.69, 9.17) is 10.1 Å². The highest BCUT2D eigenvalue weighted by atomic mass is 16.2. The molecule has 1 aliphatic rings. The lowest BCUT2D eigenvalue weighted by Gasteiger charge is -2.32. The lowest BCUT2D eigenvalue weighted by atomic mass is 9.92. The molecule has 45 heavy (non-hydrogen) atoms. The fourth-order valence-corrected chi connectivity index (χ4v) is 5.39. The van der Waals surface area contributed by atoms with E-state index in [0.717, 1.165) is 39.8 Å². The normalized spacial score (nSPS) is 15.6. The van der Waals surface area contributed by atoms with Crippen LogP contribution in [-0.2, 0) is 16.8 Å². The first-order chi connectivity index (χ1) is 21.6. The number of rotatable bonds is 6. The number of fused-ring (bicyclic) bond motifs is 1. The molecule has 11 nitrogen and oxygen atoms in total. The quantitative estimate of drug-likeness (QED) is 0.235. The third-order valence-electron chi connectivity index (χ3n) is 8.03. The van der Waals surface area contributed by atoms with Gasteiger partial charge in [0.2, 0.25) is 5.91 Å². The molecule has 230 valence electrons. The van der Waals surface area contributed by atoms with Gasteiger partial charge in [-0.2, -0.15) is 5.10 Å². The smallest absolute Gasteiger partial charge is 0.324 e. The van der Waals surface area contributed by atoms with Crippen molar-refractivity contribution in [2.24, 2.45) is 0 Å². The van der Waals surface area contributed by atoms with Crippen molar-refractivity contribution < 1.29 is 9.59 Å². The minimum atomic E-state index is -0.394. The first-order valence-electron chi connectivity index (χ1n) is 15.0. The number of carbonyl (C=O) groups excluding carboxylic acids is 2. The predicted molar refractivity (Wildman–Crippen MR) is 175 cm³/mol. The summed E-state index contributed by atoms with van der Waals surface area (Å²) < 4.78 is 1.65. The Balaban J connectivity index is 1.23. The van der Waals surface area contributed by atoms with Gasteiger partial charge >= 0.3 is 6.03 Å². The largest absolute Gasteiger partial charge is 0.353 e. The zero-order valence-electron chi connectivity index (χ0n) is 26.1. The molecule has 3 aromatic heterocycles. The van der Waals surface area contributed by atoms with Crippen molar-refractivity contribution >= 4 is 34.2 Å². The van der Waals surface area contributed by atoms with Gasteiger partial charge < -0.3 is 10.6 Å². The number of nitrogens with zero attached hydrogens (tertiary/aromatic N) is 6. The number of nitrogens with one attached hydrogen (secondary N) is 3. The van der Waals surface area contributed by atoms with Crippen LogP contribution in [0, 0.1) is 6.92 Å². The Morgan fingerprint density at radius 1 is 0.978 bits per heavy atom. The molecule has 4 heterocycles. The second-order valence-electron chi connectivity index (χ2n) is 12.3. The van der Waals surface area contributed by atoms with Crippen LogP contribution in [-0.4, -0.2) is 60.7 Å². The zero-order chi connectivity index (χ0) is 31.7. The Morgan fingerprint density at radius 2 is 1.73 bits per heavy atom. The number of hydrogen-bond donors (Lipinski definition) is 3. The molecule has 3 N–H and O–H groups in total. The second-order valence-corrected chi connectivity index (χ2v) is 12.3. The fraction of sp³-hybridized carbons (Fsp3) is 0.294. The molecule has 11 heteroatoms. The van der Waals surface area contributed by atoms with Crippen LogP contribution in [0.15, 0.2) is 73.2 Å². The molecule has 0 bridgehead atoms. The lowest BCUT2D eigenvalue weighted by Crippen LogP contribution is -2.53. The fourth-order valence-electron chi connectivity index (χ4n) is 5.39. The number of urea groups is 1. The van der Waals surface area contributed by atoms with Crippen LogP contribution in [0.5, 0.6) is 0 Å². The van der Waals surface area contributed by atoms with Crippen LogP contribution >= 0.6 is 0 Å². The number of benzene rings is 2. The van der Waals surface area contributed by atoms with Gasteiger partial charge in [-0.3, -0.25) is 20.0 Å². The summed E-state index contributed by atoms with van der Waals surface area (Å²) in [5, 5.41) is 15.6. The third kappa shape index (κ3) is 6.39. The van der Waals surface area contributed by atoms with Crippen LogP contribution < -0.4 is 16.0 Å². The van der Waals surface area contributed by atoms with Gasteiger partial charge in [-0.15, -0.1) is 0 Å². The number of hydrogen-bond acceptors (Lipinski definition) is 7. The molecule has 5 aromatic rings. The molecule has 0 saturated carbocycles. The summed E-state index contributed by atoms with van der Waals surface area (Å²) in [5.74, 6) is 1.21. The Labute approximate surface area is 262 Å². The summed E-state index contributed by atoms with van der Waals surface area (Å²) >= 11 is 0. The van der Waals surface area contributed by atoms with Gasteiger partial charge in [0.25, 0.3) is 0 Å². The number of amides is 3. The minimum Gasteiger partial charge on any atom is -0.353 e. The summed E-state index contributed by atoms with van der Waals surface area (Å²) in [5.41, 5.74) is 4.80. The van der Waals surface area contributed by atoms with Crippen molar-refractivity contribution in [2.45, 2.75) is 52.6 Å². The molecule has 0 spiro atoms. The lowest BCUT2D eigenvalue weighted by molar-refractivity contribution is -0.128.